The maximum atomic E-state index is 14.4. The van der Waals surface area contributed by atoms with Gasteiger partial charge in [-0.3, -0.25) is 4.98 Å². The van der Waals surface area contributed by atoms with Crippen molar-refractivity contribution in [3.05, 3.63) is 149 Å². The van der Waals surface area contributed by atoms with Gasteiger partial charge in [0.05, 0.1) is 12.3 Å². The SMILES string of the molecule is CCCCCc1c(/C=C/c2ccccc2)nc(C(C)C)c(CO[Si](c2ccccc2)(c2ccccc2)C(C)(C)C)c1-c1ccc(F)cc1. The summed E-state index contributed by atoms with van der Waals surface area (Å²) in [6.07, 6.45) is 8.51. The Morgan fingerprint density at radius 1 is 0.729 bits per heavy atom. The van der Waals surface area contributed by atoms with Gasteiger partial charge < -0.3 is 4.43 Å². The van der Waals surface area contributed by atoms with Crippen molar-refractivity contribution in [1.29, 1.82) is 0 Å². The van der Waals surface area contributed by atoms with E-state index in [1.54, 1.807) is 12.1 Å². The fourth-order valence-electron chi connectivity index (χ4n) is 6.92. The highest BCUT2D eigenvalue weighted by Gasteiger charge is 2.50. The van der Waals surface area contributed by atoms with Crippen LogP contribution >= 0.6 is 0 Å². The quantitative estimate of drug-likeness (QED) is 0.0930. The Hall–Kier alpha value is -4.12. The molecule has 0 saturated carbocycles. The van der Waals surface area contributed by atoms with Crippen molar-refractivity contribution in [3.8, 4) is 11.1 Å². The molecule has 4 heteroatoms. The van der Waals surface area contributed by atoms with E-state index in [0.29, 0.717) is 6.61 Å². The number of halogens is 1. The maximum Gasteiger partial charge on any atom is 0.261 e. The summed E-state index contributed by atoms with van der Waals surface area (Å²) in [6, 6.07) is 39.0. The Morgan fingerprint density at radius 3 is 1.81 bits per heavy atom. The van der Waals surface area contributed by atoms with Gasteiger partial charge in [0.25, 0.3) is 8.32 Å². The Labute approximate surface area is 288 Å². The second-order valence-corrected chi connectivity index (χ2v) is 18.3. The van der Waals surface area contributed by atoms with Crippen LogP contribution in [0.25, 0.3) is 23.3 Å². The zero-order valence-electron chi connectivity index (χ0n) is 29.5. The highest BCUT2D eigenvalue weighted by Crippen LogP contribution is 2.41. The largest absolute Gasteiger partial charge is 0.403 e. The predicted molar refractivity (Wildman–Crippen MR) is 205 cm³/mol. The summed E-state index contributed by atoms with van der Waals surface area (Å²) >= 11 is 0. The Balaban J connectivity index is 1.77. The molecule has 0 aliphatic heterocycles. The fourth-order valence-corrected chi connectivity index (χ4v) is 11.4. The van der Waals surface area contributed by atoms with Gasteiger partial charge in [-0.15, -0.1) is 0 Å². The molecule has 0 aliphatic rings. The Morgan fingerprint density at radius 2 is 1.29 bits per heavy atom. The van der Waals surface area contributed by atoms with Crippen LogP contribution in [0.2, 0.25) is 5.04 Å². The van der Waals surface area contributed by atoms with E-state index in [4.69, 9.17) is 9.41 Å². The average Bonchev–Trinajstić information content (AvgIpc) is 3.09. The Kier molecular flexibility index (Phi) is 11.6. The van der Waals surface area contributed by atoms with E-state index in [1.165, 1.54) is 15.9 Å². The normalized spacial score (nSPS) is 12.2. The molecule has 0 spiro atoms. The Bertz CT molecular complexity index is 1740. The van der Waals surface area contributed by atoms with Gasteiger partial charge in [0, 0.05) is 11.3 Å². The molecule has 0 amide bonds. The lowest BCUT2D eigenvalue weighted by molar-refractivity contribution is 0.284. The molecule has 0 radical (unpaired) electrons. The summed E-state index contributed by atoms with van der Waals surface area (Å²) in [5.74, 6) is -0.0887. The topological polar surface area (TPSA) is 22.1 Å². The van der Waals surface area contributed by atoms with E-state index in [-0.39, 0.29) is 16.8 Å². The fraction of sp³-hybridized carbons (Fsp3) is 0.295. The third-order valence-electron chi connectivity index (χ3n) is 9.26. The lowest BCUT2D eigenvalue weighted by Crippen LogP contribution is -2.66. The number of hydrogen-bond acceptors (Lipinski definition) is 2. The number of benzene rings is 4. The van der Waals surface area contributed by atoms with E-state index in [1.807, 2.05) is 18.2 Å². The molecule has 0 bridgehead atoms. The molecule has 0 N–H and O–H groups in total. The van der Waals surface area contributed by atoms with Crippen molar-refractivity contribution in [2.24, 2.45) is 0 Å². The summed E-state index contributed by atoms with van der Waals surface area (Å²) in [5.41, 5.74) is 7.58. The molecule has 0 unspecified atom stereocenters. The second kappa shape index (κ2) is 15.8. The first kappa shape index (κ1) is 35.2. The van der Waals surface area contributed by atoms with Gasteiger partial charge in [0.2, 0.25) is 0 Å². The molecule has 2 nitrogen and oxygen atoms in total. The van der Waals surface area contributed by atoms with E-state index in [9.17, 15) is 4.39 Å². The summed E-state index contributed by atoms with van der Waals surface area (Å²) in [6.45, 7) is 14.0. The van der Waals surface area contributed by atoms with Gasteiger partial charge in [-0.25, -0.2) is 4.39 Å². The molecular formula is C44H50FNOSi. The zero-order chi connectivity index (χ0) is 34.1. The van der Waals surface area contributed by atoms with Crippen LogP contribution in [-0.2, 0) is 17.5 Å². The third kappa shape index (κ3) is 7.77. The molecular weight excluding hydrogens is 606 g/mol. The number of nitrogens with zero attached hydrogens (tertiary/aromatic N) is 1. The number of rotatable bonds is 13. The van der Waals surface area contributed by atoms with Gasteiger partial charge in [-0.1, -0.05) is 164 Å². The molecule has 0 aliphatic carbocycles. The minimum absolute atomic E-state index is 0.149. The smallest absolute Gasteiger partial charge is 0.261 e. The van der Waals surface area contributed by atoms with Crippen LogP contribution < -0.4 is 10.4 Å². The second-order valence-electron chi connectivity index (χ2n) is 14.0. The third-order valence-corrected chi connectivity index (χ3v) is 14.2. The number of unbranched alkanes of at least 4 members (excludes halogenated alkanes) is 2. The van der Waals surface area contributed by atoms with Crippen molar-refractivity contribution in [2.75, 3.05) is 0 Å². The predicted octanol–water partition coefficient (Wildman–Crippen LogP) is 11.0. The van der Waals surface area contributed by atoms with Crippen LogP contribution in [-0.4, -0.2) is 13.3 Å². The maximum absolute atomic E-state index is 14.4. The molecule has 0 atom stereocenters. The molecule has 5 rings (SSSR count). The van der Waals surface area contributed by atoms with Gasteiger partial charge in [-0.2, -0.15) is 0 Å². The van der Waals surface area contributed by atoms with E-state index >= 15 is 0 Å². The molecule has 5 aromatic rings. The van der Waals surface area contributed by atoms with E-state index in [2.05, 4.69) is 139 Å². The minimum atomic E-state index is -2.85. The standard InChI is InChI=1S/C44H50FNOSi/c1-7-8-12-25-39-41(31-26-34-19-13-9-14-20-34)46-43(33(2)3)40(42(39)35-27-29-36(45)30-28-35)32-47-48(44(4,5)6,37-21-15-10-16-22-37)38-23-17-11-18-24-38/h9-11,13-24,26-31,33H,7-8,12,25,32H2,1-6H3/b31-26+. The summed E-state index contributed by atoms with van der Waals surface area (Å²) in [5, 5.41) is 2.33. The van der Waals surface area contributed by atoms with Crippen molar-refractivity contribution >= 4 is 30.8 Å². The molecule has 0 fully saturated rings. The van der Waals surface area contributed by atoms with Crippen molar-refractivity contribution in [2.45, 2.75) is 84.8 Å². The lowest BCUT2D eigenvalue weighted by Gasteiger charge is -2.43. The van der Waals surface area contributed by atoms with Gasteiger partial charge in [0.15, 0.2) is 0 Å². The van der Waals surface area contributed by atoms with Gasteiger partial charge in [-0.05, 0) is 74.6 Å². The summed E-state index contributed by atoms with van der Waals surface area (Å²) in [7, 11) is -2.85. The number of aromatic nitrogens is 1. The minimum Gasteiger partial charge on any atom is -0.403 e. The van der Waals surface area contributed by atoms with E-state index in [0.717, 1.165) is 59.3 Å². The van der Waals surface area contributed by atoms with Crippen LogP contribution in [0.3, 0.4) is 0 Å². The van der Waals surface area contributed by atoms with Crippen LogP contribution in [0.5, 0.6) is 0 Å². The van der Waals surface area contributed by atoms with Crippen molar-refractivity contribution in [3.63, 3.8) is 0 Å². The van der Waals surface area contributed by atoms with Crippen LogP contribution in [0.1, 0.15) is 94.8 Å². The molecule has 248 valence electrons. The van der Waals surface area contributed by atoms with Gasteiger partial charge in [0.1, 0.15) is 5.82 Å². The first-order chi connectivity index (χ1) is 23.2. The summed E-state index contributed by atoms with van der Waals surface area (Å²) < 4.78 is 22.0. The van der Waals surface area contributed by atoms with Crippen LogP contribution in [0, 0.1) is 5.82 Å². The number of pyridine rings is 1. The average molecular weight is 656 g/mol. The zero-order valence-corrected chi connectivity index (χ0v) is 30.5. The first-order valence-corrected chi connectivity index (χ1v) is 19.4. The highest BCUT2D eigenvalue weighted by molar-refractivity contribution is 6.99. The van der Waals surface area contributed by atoms with Crippen LogP contribution in [0.15, 0.2) is 115 Å². The lowest BCUT2D eigenvalue weighted by atomic mass is 9.87. The summed E-state index contributed by atoms with van der Waals surface area (Å²) in [4.78, 5) is 5.45. The molecule has 1 aromatic heterocycles. The molecule has 4 aromatic carbocycles. The highest BCUT2D eigenvalue weighted by atomic mass is 28.4. The molecule has 48 heavy (non-hydrogen) atoms. The van der Waals surface area contributed by atoms with Gasteiger partial charge >= 0.3 is 0 Å². The van der Waals surface area contributed by atoms with E-state index < -0.39 is 8.32 Å². The van der Waals surface area contributed by atoms with Crippen LogP contribution in [0.4, 0.5) is 4.39 Å². The number of hydrogen-bond donors (Lipinski definition) is 0. The molecule has 1 heterocycles. The van der Waals surface area contributed by atoms with Crippen molar-refractivity contribution < 1.29 is 8.82 Å². The molecule has 0 saturated heterocycles. The monoisotopic (exact) mass is 655 g/mol. The van der Waals surface area contributed by atoms with Crippen molar-refractivity contribution in [1.82, 2.24) is 4.98 Å². The first-order valence-electron chi connectivity index (χ1n) is 17.5.